The number of likely N-dealkylation sites (tertiary alicyclic amines) is 1. The van der Waals surface area contributed by atoms with E-state index in [1.165, 1.54) is 4.90 Å². The number of sulfonamides is 1. The van der Waals surface area contributed by atoms with Crippen LogP contribution in [-0.4, -0.2) is 54.7 Å². The van der Waals surface area contributed by atoms with E-state index >= 15 is 0 Å². The first-order chi connectivity index (χ1) is 12.6. The Balaban J connectivity index is 2.00. The fourth-order valence-electron chi connectivity index (χ4n) is 3.16. The van der Waals surface area contributed by atoms with Gasteiger partial charge in [0.2, 0.25) is 15.9 Å². The third-order valence-corrected chi connectivity index (χ3v) is 5.61. The van der Waals surface area contributed by atoms with Crippen molar-refractivity contribution < 1.29 is 27.9 Å². The molecule has 0 saturated carbocycles. The number of aliphatic carboxylic acids is 1. The second-order valence-corrected chi connectivity index (χ2v) is 8.69. The summed E-state index contributed by atoms with van der Waals surface area (Å²) in [4.78, 5) is 25.1. The van der Waals surface area contributed by atoms with Gasteiger partial charge in [0.1, 0.15) is 11.5 Å². The van der Waals surface area contributed by atoms with E-state index in [0.29, 0.717) is 30.8 Å². The van der Waals surface area contributed by atoms with Gasteiger partial charge in [-0.25, -0.2) is 8.42 Å². The van der Waals surface area contributed by atoms with Crippen LogP contribution < -0.4 is 9.46 Å². The highest BCUT2D eigenvalue weighted by Crippen LogP contribution is 2.24. The number of benzene rings is 1. The summed E-state index contributed by atoms with van der Waals surface area (Å²) in [5.41, 5.74) is 0.328. The lowest BCUT2D eigenvalue weighted by Gasteiger charge is -2.37. The van der Waals surface area contributed by atoms with E-state index in [4.69, 9.17) is 4.74 Å². The molecule has 1 aromatic carbocycles. The number of hydrogen-bond donors (Lipinski definition) is 2. The Morgan fingerprint density at radius 3 is 2.48 bits per heavy atom. The van der Waals surface area contributed by atoms with E-state index in [1.807, 2.05) is 13.8 Å². The summed E-state index contributed by atoms with van der Waals surface area (Å²) in [6.45, 7) is 5.78. The maximum Gasteiger partial charge on any atom is 0.308 e. The number of carboxylic acids is 1. The monoisotopic (exact) mass is 398 g/mol. The molecule has 0 aliphatic carbocycles. The van der Waals surface area contributed by atoms with E-state index in [9.17, 15) is 23.1 Å². The fraction of sp³-hybridized carbons (Fsp3) is 0.556. The molecule has 9 heteroatoms. The van der Waals surface area contributed by atoms with Gasteiger partial charge in [0.05, 0.1) is 12.0 Å². The Morgan fingerprint density at radius 2 is 1.93 bits per heavy atom. The maximum absolute atomic E-state index is 12.5. The van der Waals surface area contributed by atoms with Gasteiger partial charge < -0.3 is 14.7 Å². The van der Waals surface area contributed by atoms with Crippen molar-refractivity contribution in [2.75, 3.05) is 17.0 Å². The van der Waals surface area contributed by atoms with Crippen molar-refractivity contribution in [3.8, 4) is 5.75 Å². The zero-order chi connectivity index (χ0) is 20.2. The standard InChI is InChI=1S/C18H26N2O6S/c1-12(2)26-15-8-6-14(7-9-15)19-27(24,25)11-17(21)20-10-4-5-16(13(20)3)18(22)23/h6-9,12-13,16,19H,4-5,10-11H2,1-3H3,(H,22,23)/t13-,16-/m0/s1. The minimum absolute atomic E-state index is 0.00586. The average molecular weight is 398 g/mol. The highest BCUT2D eigenvalue weighted by molar-refractivity contribution is 7.93. The zero-order valence-corrected chi connectivity index (χ0v) is 16.5. The number of ether oxygens (including phenoxy) is 1. The Bertz CT molecular complexity index is 776. The van der Waals surface area contributed by atoms with E-state index < -0.39 is 39.6 Å². The van der Waals surface area contributed by atoms with Crippen LogP contribution in [0.3, 0.4) is 0 Å². The van der Waals surface area contributed by atoms with Gasteiger partial charge in [-0.2, -0.15) is 0 Å². The van der Waals surface area contributed by atoms with E-state index in [-0.39, 0.29) is 6.10 Å². The molecule has 0 bridgehead atoms. The molecule has 1 aliphatic rings. The van der Waals surface area contributed by atoms with Crippen molar-refractivity contribution >= 4 is 27.6 Å². The van der Waals surface area contributed by atoms with Gasteiger partial charge in [0, 0.05) is 18.3 Å². The van der Waals surface area contributed by atoms with E-state index in [0.717, 1.165) is 0 Å². The van der Waals surface area contributed by atoms with Gasteiger partial charge in [-0.05, 0) is 57.9 Å². The normalized spacial score (nSPS) is 20.4. The van der Waals surface area contributed by atoms with Gasteiger partial charge in [-0.15, -0.1) is 0 Å². The molecule has 2 N–H and O–H groups in total. The quantitative estimate of drug-likeness (QED) is 0.726. The molecule has 2 rings (SSSR count). The number of carbonyl (C=O) groups excluding carboxylic acids is 1. The topological polar surface area (TPSA) is 113 Å². The molecular weight excluding hydrogens is 372 g/mol. The Hall–Kier alpha value is -2.29. The number of piperidine rings is 1. The van der Waals surface area contributed by atoms with Crippen molar-refractivity contribution in [3.05, 3.63) is 24.3 Å². The fourth-order valence-corrected chi connectivity index (χ4v) is 4.22. The molecule has 1 heterocycles. The van der Waals surface area contributed by atoms with Crippen molar-refractivity contribution in [2.45, 2.75) is 45.8 Å². The highest BCUT2D eigenvalue weighted by Gasteiger charge is 2.36. The molecule has 27 heavy (non-hydrogen) atoms. The summed E-state index contributed by atoms with van der Waals surface area (Å²) in [6.07, 6.45) is 1.03. The van der Waals surface area contributed by atoms with Crippen molar-refractivity contribution in [1.29, 1.82) is 0 Å². The summed E-state index contributed by atoms with van der Waals surface area (Å²) >= 11 is 0. The molecule has 1 amide bonds. The predicted octanol–water partition coefficient (Wildman–Crippen LogP) is 1.93. The van der Waals surface area contributed by atoms with Crippen molar-refractivity contribution in [2.24, 2.45) is 5.92 Å². The molecule has 0 radical (unpaired) electrons. The lowest BCUT2D eigenvalue weighted by Crippen LogP contribution is -2.51. The molecule has 1 aliphatic heterocycles. The smallest absolute Gasteiger partial charge is 0.308 e. The van der Waals surface area contributed by atoms with Gasteiger partial charge in [-0.3, -0.25) is 14.3 Å². The molecule has 2 atom stereocenters. The first kappa shape index (κ1) is 21.0. The second kappa shape index (κ2) is 8.60. The van der Waals surface area contributed by atoms with Gasteiger partial charge in [-0.1, -0.05) is 0 Å². The van der Waals surface area contributed by atoms with E-state index in [2.05, 4.69) is 4.72 Å². The molecule has 1 aromatic rings. The Kier molecular flexibility index (Phi) is 6.69. The van der Waals surface area contributed by atoms with Gasteiger partial charge in [0.25, 0.3) is 0 Å². The molecule has 1 saturated heterocycles. The summed E-state index contributed by atoms with van der Waals surface area (Å²) in [6, 6.07) is 5.87. The first-order valence-corrected chi connectivity index (χ1v) is 10.5. The SMILES string of the molecule is CC(C)Oc1ccc(NS(=O)(=O)CC(=O)N2CCC[C@H](C(=O)O)[C@@H]2C)cc1. The Morgan fingerprint density at radius 1 is 1.30 bits per heavy atom. The number of nitrogens with zero attached hydrogens (tertiary/aromatic N) is 1. The van der Waals surface area contributed by atoms with Gasteiger partial charge >= 0.3 is 5.97 Å². The summed E-state index contributed by atoms with van der Waals surface area (Å²) < 4.78 is 32.5. The molecule has 0 spiro atoms. The number of hydrogen-bond acceptors (Lipinski definition) is 5. The largest absolute Gasteiger partial charge is 0.491 e. The van der Waals surface area contributed by atoms with Crippen LogP contribution in [0.2, 0.25) is 0 Å². The Labute approximate surface area is 159 Å². The van der Waals surface area contributed by atoms with E-state index in [1.54, 1.807) is 31.2 Å². The highest BCUT2D eigenvalue weighted by atomic mass is 32.2. The van der Waals surface area contributed by atoms with Crippen molar-refractivity contribution in [3.63, 3.8) is 0 Å². The lowest BCUT2D eigenvalue weighted by molar-refractivity contribution is -0.148. The molecule has 0 aromatic heterocycles. The number of rotatable bonds is 7. The van der Waals surface area contributed by atoms with Crippen molar-refractivity contribution in [1.82, 2.24) is 4.90 Å². The summed E-state index contributed by atoms with van der Waals surface area (Å²) in [7, 11) is -3.91. The van der Waals surface area contributed by atoms with Crippen LogP contribution in [0.15, 0.2) is 24.3 Å². The van der Waals surface area contributed by atoms with Crippen LogP contribution in [0.5, 0.6) is 5.75 Å². The third kappa shape index (κ3) is 5.85. The maximum atomic E-state index is 12.5. The molecule has 1 fully saturated rings. The van der Waals surface area contributed by atoms with Crippen LogP contribution >= 0.6 is 0 Å². The average Bonchev–Trinajstić information content (AvgIpc) is 2.55. The van der Waals surface area contributed by atoms with Gasteiger partial charge in [0.15, 0.2) is 0 Å². The summed E-state index contributed by atoms with van der Waals surface area (Å²) in [5.74, 6) is -2.35. The lowest BCUT2D eigenvalue weighted by atomic mass is 9.90. The minimum Gasteiger partial charge on any atom is -0.491 e. The number of nitrogens with one attached hydrogen (secondary N) is 1. The third-order valence-electron chi connectivity index (χ3n) is 4.44. The van der Waals surface area contributed by atoms with Crippen LogP contribution in [0.25, 0.3) is 0 Å². The molecule has 8 nitrogen and oxygen atoms in total. The number of amides is 1. The molecular formula is C18H26N2O6S. The van der Waals surface area contributed by atoms with Crippen LogP contribution in [-0.2, 0) is 19.6 Å². The summed E-state index contributed by atoms with van der Waals surface area (Å²) in [5, 5.41) is 9.23. The van der Waals surface area contributed by atoms with Crippen LogP contribution in [0.4, 0.5) is 5.69 Å². The van der Waals surface area contributed by atoms with Crippen LogP contribution in [0, 0.1) is 5.92 Å². The molecule has 150 valence electrons. The number of carboxylic acid groups (broad SMARTS) is 1. The van der Waals surface area contributed by atoms with Crippen LogP contribution in [0.1, 0.15) is 33.6 Å². The minimum atomic E-state index is -3.91. The zero-order valence-electron chi connectivity index (χ0n) is 15.7. The molecule has 0 unspecified atom stereocenters. The first-order valence-electron chi connectivity index (χ1n) is 8.88. The number of anilines is 1. The second-order valence-electron chi connectivity index (χ2n) is 6.97. The number of carbonyl (C=O) groups is 2. The predicted molar refractivity (Wildman–Crippen MR) is 101 cm³/mol.